The van der Waals surface area contributed by atoms with Crippen molar-refractivity contribution in [3.05, 3.63) is 18.0 Å². The Balaban J connectivity index is 2.48. The van der Waals surface area contributed by atoms with Crippen molar-refractivity contribution < 1.29 is 9.59 Å². The summed E-state index contributed by atoms with van der Waals surface area (Å²) in [5.74, 6) is -0.541. The molecule has 1 aromatic rings. The first-order valence-corrected chi connectivity index (χ1v) is 5.57. The van der Waals surface area contributed by atoms with Gasteiger partial charge in [-0.3, -0.25) is 9.59 Å². The fourth-order valence-electron chi connectivity index (χ4n) is 1.28. The quantitative estimate of drug-likeness (QED) is 0.591. The Bertz CT molecular complexity index is 400. The molecule has 0 aliphatic carbocycles. The molecule has 1 heterocycles. The van der Waals surface area contributed by atoms with E-state index in [0.717, 1.165) is 6.42 Å². The third-order valence-corrected chi connectivity index (χ3v) is 2.24. The van der Waals surface area contributed by atoms with Crippen molar-refractivity contribution >= 4 is 17.5 Å². The van der Waals surface area contributed by atoms with Gasteiger partial charge in [0.25, 0.3) is 5.91 Å². The van der Waals surface area contributed by atoms with Gasteiger partial charge in [0.15, 0.2) is 0 Å². The predicted molar refractivity (Wildman–Crippen MR) is 65.4 cm³/mol. The standard InChI is InChI=1S/C11H18N4O2/c1-3-4-13-10(16)7(2)15-11(17)9-5-8(12)6-14-9/h5-7,14H,3-4,12H2,1-2H3,(H,13,16)(H,15,17). The largest absolute Gasteiger partial charge is 0.397 e. The molecule has 17 heavy (non-hydrogen) atoms. The van der Waals surface area contributed by atoms with E-state index >= 15 is 0 Å². The summed E-state index contributed by atoms with van der Waals surface area (Å²) in [6, 6.07) is 0.949. The Morgan fingerprint density at radius 1 is 1.53 bits per heavy atom. The fraction of sp³-hybridized carbons (Fsp3) is 0.455. The van der Waals surface area contributed by atoms with Crippen LogP contribution in [0.5, 0.6) is 0 Å². The third-order valence-electron chi connectivity index (χ3n) is 2.24. The first-order chi connectivity index (χ1) is 8.04. The molecule has 0 aliphatic heterocycles. The first-order valence-electron chi connectivity index (χ1n) is 5.57. The number of H-pyrrole nitrogens is 1. The number of amides is 2. The highest BCUT2D eigenvalue weighted by atomic mass is 16.2. The lowest BCUT2D eigenvalue weighted by Crippen LogP contribution is -2.45. The Kier molecular flexibility index (Phi) is 4.56. The van der Waals surface area contributed by atoms with E-state index in [4.69, 9.17) is 5.73 Å². The van der Waals surface area contributed by atoms with Crippen molar-refractivity contribution in [2.45, 2.75) is 26.3 Å². The molecular formula is C11H18N4O2. The van der Waals surface area contributed by atoms with E-state index in [1.165, 1.54) is 12.3 Å². The monoisotopic (exact) mass is 238 g/mol. The van der Waals surface area contributed by atoms with Crippen molar-refractivity contribution in [1.82, 2.24) is 15.6 Å². The van der Waals surface area contributed by atoms with Crippen LogP contribution >= 0.6 is 0 Å². The van der Waals surface area contributed by atoms with E-state index in [9.17, 15) is 9.59 Å². The summed E-state index contributed by atoms with van der Waals surface area (Å²) in [6.07, 6.45) is 2.39. The van der Waals surface area contributed by atoms with Gasteiger partial charge in [0.2, 0.25) is 5.91 Å². The van der Waals surface area contributed by atoms with Crippen molar-refractivity contribution in [2.24, 2.45) is 0 Å². The molecule has 0 aromatic carbocycles. The molecule has 6 heteroatoms. The molecule has 0 spiro atoms. The maximum atomic E-state index is 11.7. The normalized spacial score (nSPS) is 11.9. The molecule has 1 unspecified atom stereocenters. The van der Waals surface area contributed by atoms with Crippen LogP contribution in [-0.2, 0) is 4.79 Å². The van der Waals surface area contributed by atoms with Gasteiger partial charge in [-0.15, -0.1) is 0 Å². The summed E-state index contributed by atoms with van der Waals surface area (Å²) >= 11 is 0. The second-order valence-electron chi connectivity index (χ2n) is 3.83. The summed E-state index contributed by atoms with van der Waals surface area (Å²) in [7, 11) is 0. The van der Waals surface area contributed by atoms with E-state index in [-0.39, 0.29) is 11.8 Å². The van der Waals surface area contributed by atoms with Crippen LogP contribution in [0, 0.1) is 0 Å². The maximum absolute atomic E-state index is 11.7. The van der Waals surface area contributed by atoms with Crippen LogP contribution in [0.4, 0.5) is 5.69 Å². The average molecular weight is 238 g/mol. The van der Waals surface area contributed by atoms with Crippen LogP contribution in [0.15, 0.2) is 12.3 Å². The Labute approximate surface area is 100.0 Å². The number of aromatic amines is 1. The van der Waals surface area contributed by atoms with Crippen LogP contribution in [-0.4, -0.2) is 29.4 Å². The topological polar surface area (TPSA) is 100 Å². The second-order valence-corrected chi connectivity index (χ2v) is 3.83. The lowest BCUT2D eigenvalue weighted by molar-refractivity contribution is -0.122. The van der Waals surface area contributed by atoms with Crippen LogP contribution in [0.25, 0.3) is 0 Å². The number of nitrogen functional groups attached to an aromatic ring is 1. The van der Waals surface area contributed by atoms with E-state index in [1.807, 2.05) is 6.92 Å². The Morgan fingerprint density at radius 2 is 2.24 bits per heavy atom. The summed E-state index contributed by atoms with van der Waals surface area (Å²) in [5.41, 5.74) is 6.31. The molecule has 1 rings (SSSR count). The number of nitrogens with one attached hydrogen (secondary N) is 3. The minimum Gasteiger partial charge on any atom is -0.397 e. The number of carbonyl (C=O) groups excluding carboxylic acids is 2. The number of hydrogen-bond donors (Lipinski definition) is 4. The van der Waals surface area contributed by atoms with E-state index < -0.39 is 6.04 Å². The smallest absolute Gasteiger partial charge is 0.268 e. The SMILES string of the molecule is CCCNC(=O)C(C)NC(=O)c1cc(N)c[nH]1. The van der Waals surface area contributed by atoms with E-state index in [2.05, 4.69) is 15.6 Å². The highest BCUT2D eigenvalue weighted by Gasteiger charge is 2.16. The summed E-state index contributed by atoms with van der Waals surface area (Å²) in [4.78, 5) is 25.9. The minimum atomic E-state index is -0.571. The molecule has 1 aromatic heterocycles. The van der Waals surface area contributed by atoms with Gasteiger partial charge in [-0.25, -0.2) is 0 Å². The van der Waals surface area contributed by atoms with Gasteiger partial charge < -0.3 is 21.4 Å². The number of nitrogens with two attached hydrogens (primary N) is 1. The number of hydrogen-bond acceptors (Lipinski definition) is 3. The predicted octanol–water partition coefficient (Wildman–Crippen LogP) is 0.241. The average Bonchev–Trinajstić information content (AvgIpc) is 2.72. The summed E-state index contributed by atoms with van der Waals surface area (Å²) in [5, 5.41) is 5.29. The molecule has 2 amide bonds. The van der Waals surface area contributed by atoms with Crippen LogP contribution in [0.2, 0.25) is 0 Å². The molecule has 0 radical (unpaired) electrons. The van der Waals surface area contributed by atoms with Crippen molar-refractivity contribution in [3.8, 4) is 0 Å². The van der Waals surface area contributed by atoms with Crippen LogP contribution < -0.4 is 16.4 Å². The van der Waals surface area contributed by atoms with Gasteiger partial charge in [0.05, 0.1) is 0 Å². The molecule has 94 valence electrons. The van der Waals surface area contributed by atoms with Gasteiger partial charge in [-0.05, 0) is 19.4 Å². The molecule has 0 saturated carbocycles. The van der Waals surface area contributed by atoms with Gasteiger partial charge in [0.1, 0.15) is 11.7 Å². The molecule has 0 bridgehead atoms. The molecule has 5 N–H and O–H groups in total. The van der Waals surface area contributed by atoms with E-state index in [1.54, 1.807) is 6.92 Å². The fourth-order valence-corrected chi connectivity index (χ4v) is 1.28. The van der Waals surface area contributed by atoms with Gasteiger partial charge in [0, 0.05) is 18.4 Å². The number of aromatic nitrogens is 1. The van der Waals surface area contributed by atoms with Gasteiger partial charge >= 0.3 is 0 Å². The summed E-state index contributed by atoms with van der Waals surface area (Å²) in [6.45, 7) is 4.20. The van der Waals surface area contributed by atoms with Crippen molar-refractivity contribution in [1.29, 1.82) is 0 Å². The zero-order valence-corrected chi connectivity index (χ0v) is 10.0. The van der Waals surface area contributed by atoms with Crippen LogP contribution in [0.1, 0.15) is 30.8 Å². The minimum absolute atomic E-state index is 0.195. The lowest BCUT2D eigenvalue weighted by Gasteiger charge is -2.12. The second kappa shape index (κ2) is 5.93. The Morgan fingerprint density at radius 3 is 2.76 bits per heavy atom. The molecule has 6 nitrogen and oxygen atoms in total. The third kappa shape index (κ3) is 3.82. The van der Waals surface area contributed by atoms with Crippen LogP contribution in [0.3, 0.4) is 0 Å². The highest BCUT2D eigenvalue weighted by Crippen LogP contribution is 2.04. The number of carbonyl (C=O) groups is 2. The first kappa shape index (κ1) is 13.1. The number of anilines is 1. The van der Waals surface area contributed by atoms with Crippen molar-refractivity contribution in [3.63, 3.8) is 0 Å². The Hall–Kier alpha value is -1.98. The molecule has 0 fully saturated rings. The number of rotatable bonds is 5. The summed E-state index contributed by atoms with van der Waals surface area (Å²) < 4.78 is 0. The van der Waals surface area contributed by atoms with Gasteiger partial charge in [-0.2, -0.15) is 0 Å². The zero-order chi connectivity index (χ0) is 12.8. The van der Waals surface area contributed by atoms with Crippen molar-refractivity contribution in [2.75, 3.05) is 12.3 Å². The molecular weight excluding hydrogens is 220 g/mol. The highest BCUT2D eigenvalue weighted by molar-refractivity contribution is 5.96. The molecule has 0 aliphatic rings. The van der Waals surface area contributed by atoms with Gasteiger partial charge in [-0.1, -0.05) is 6.92 Å². The van der Waals surface area contributed by atoms with E-state index in [0.29, 0.717) is 17.9 Å². The zero-order valence-electron chi connectivity index (χ0n) is 10.0. The molecule has 1 atom stereocenters. The maximum Gasteiger partial charge on any atom is 0.268 e. The molecule has 0 saturated heterocycles. The lowest BCUT2D eigenvalue weighted by atomic mass is 10.3.